The maximum Gasteiger partial charge on any atom is 0.255 e. The number of carbonyl (C=O) groups is 1. The molecule has 0 bridgehead atoms. The van der Waals surface area contributed by atoms with E-state index in [9.17, 15) is 4.79 Å². The fourth-order valence-corrected chi connectivity index (χ4v) is 2.70. The number of carbonyl (C=O) groups excluding carboxylic acids is 1. The van der Waals surface area contributed by atoms with Crippen molar-refractivity contribution in [2.24, 2.45) is 0 Å². The Kier molecular flexibility index (Phi) is 3.90. The Labute approximate surface area is 109 Å². The van der Waals surface area contributed by atoms with Crippen LogP contribution >= 0.6 is 0 Å². The summed E-state index contributed by atoms with van der Waals surface area (Å²) in [6.07, 6.45) is 4.77. The fourth-order valence-electron chi connectivity index (χ4n) is 2.70. The first kappa shape index (κ1) is 12.9. The predicted molar refractivity (Wildman–Crippen MR) is 75.1 cm³/mol. The Bertz CT molecular complexity index is 436. The van der Waals surface area contributed by atoms with E-state index in [2.05, 4.69) is 5.32 Å². The van der Waals surface area contributed by atoms with Crippen molar-refractivity contribution in [1.82, 2.24) is 4.90 Å². The lowest BCUT2D eigenvalue weighted by Gasteiger charge is -2.25. The van der Waals surface area contributed by atoms with Gasteiger partial charge in [-0.05, 0) is 37.5 Å². The second-order valence-electron chi connectivity index (χ2n) is 5.15. The Hall–Kier alpha value is -1.51. The lowest BCUT2D eigenvalue weighted by atomic mass is 10.1. The molecule has 0 aliphatic heterocycles. The molecular weight excluding hydrogens is 224 g/mol. The first-order chi connectivity index (χ1) is 8.63. The maximum absolute atomic E-state index is 12.5. The Balaban J connectivity index is 2.22. The minimum absolute atomic E-state index is 0.131. The van der Waals surface area contributed by atoms with Crippen molar-refractivity contribution in [3.05, 3.63) is 29.3 Å². The van der Waals surface area contributed by atoms with E-state index >= 15 is 0 Å². The summed E-state index contributed by atoms with van der Waals surface area (Å²) < 4.78 is 0. The van der Waals surface area contributed by atoms with Gasteiger partial charge in [0.2, 0.25) is 0 Å². The van der Waals surface area contributed by atoms with Crippen LogP contribution in [0, 0.1) is 6.92 Å². The summed E-state index contributed by atoms with van der Waals surface area (Å²) >= 11 is 0. The second kappa shape index (κ2) is 5.42. The van der Waals surface area contributed by atoms with E-state index in [0.29, 0.717) is 6.04 Å². The number of nitrogens with zero attached hydrogens (tertiary/aromatic N) is 1. The summed E-state index contributed by atoms with van der Waals surface area (Å²) in [4.78, 5) is 14.4. The molecule has 1 aliphatic rings. The van der Waals surface area contributed by atoms with Crippen LogP contribution in [0.2, 0.25) is 0 Å². The average Bonchev–Trinajstić information content (AvgIpc) is 2.90. The summed E-state index contributed by atoms with van der Waals surface area (Å²) in [6.45, 7) is 2.04. The molecule has 2 rings (SSSR count). The van der Waals surface area contributed by atoms with Gasteiger partial charge in [-0.1, -0.05) is 18.9 Å². The molecule has 0 heterocycles. The molecule has 0 atom stereocenters. The van der Waals surface area contributed by atoms with Crippen LogP contribution in [-0.4, -0.2) is 30.9 Å². The van der Waals surface area contributed by atoms with E-state index in [1.165, 1.54) is 18.4 Å². The maximum atomic E-state index is 12.5. The number of benzene rings is 1. The van der Waals surface area contributed by atoms with Crippen LogP contribution in [0.5, 0.6) is 0 Å². The molecule has 0 spiro atoms. The quantitative estimate of drug-likeness (QED) is 0.889. The smallest absolute Gasteiger partial charge is 0.255 e. The first-order valence-electron chi connectivity index (χ1n) is 6.69. The second-order valence-corrected chi connectivity index (χ2v) is 5.15. The number of rotatable bonds is 3. The number of anilines is 1. The van der Waals surface area contributed by atoms with Crippen molar-refractivity contribution in [3.63, 3.8) is 0 Å². The van der Waals surface area contributed by atoms with E-state index in [1.807, 2.05) is 44.1 Å². The summed E-state index contributed by atoms with van der Waals surface area (Å²) in [5, 5.41) is 3.12. The molecule has 1 aromatic carbocycles. The summed E-state index contributed by atoms with van der Waals surface area (Å²) in [6, 6.07) is 6.37. The van der Waals surface area contributed by atoms with Crippen LogP contribution in [0.15, 0.2) is 18.2 Å². The van der Waals surface area contributed by atoms with E-state index in [4.69, 9.17) is 0 Å². The molecule has 0 saturated heterocycles. The van der Waals surface area contributed by atoms with Crippen molar-refractivity contribution < 1.29 is 4.79 Å². The summed E-state index contributed by atoms with van der Waals surface area (Å²) in [5.41, 5.74) is 2.86. The highest BCUT2D eigenvalue weighted by Gasteiger charge is 2.25. The van der Waals surface area contributed by atoms with Crippen molar-refractivity contribution in [3.8, 4) is 0 Å². The zero-order valence-electron chi connectivity index (χ0n) is 11.5. The predicted octanol–water partition coefficient (Wildman–Crippen LogP) is 3.05. The summed E-state index contributed by atoms with van der Waals surface area (Å²) in [7, 11) is 3.79. The monoisotopic (exact) mass is 246 g/mol. The van der Waals surface area contributed by atoms with E-state index in [-0.39, 0.29) is 5.91 Å². The number of nitrogens with one attached hydrogen (secondary N) is 1. The highest BCUT2D eigenvalue weighted by atomic mass is 16.2. The van der Waals surface area contributed by atoms with Crippen molar-refractivity contribution in [2.75, 3.05) is 19.4 Å². The van der Waals surface area contributed by atoms with E-state index in [0.717, 1.165) is 24.1 Å². The van der Waals surface area contributed by atoms with E-state index < -0.39 is 0 Å². The van der Waals surface area contributed by atoms with Crippen LogP contribution in [0.3, 0.4) is 0 Å². The number of hydrogen-bond donors (Lipinski definition) is 1. The largest absolute Gasteiger partial charge is 0.387 e. The van der Waals surface area contributed by atoms with Crippen molar-refractivity contribution in [1.29, 1.82) is 0 Å². The van der Waals surface area contributed by atoms with Gasteiger partial charge in [0.25, 0.3) is 5.91 Å². The van der Waals surface area contributed by atoms with Gasteiger partial charge in [-0.2, -0.15) is 0 Å². The fraction of sp³-hybridized carbons (Fsp3) is 0.533. The standard InChI is InChI=1S/C15H22N2O/c1-11-8-9-13(14(10-11)16-2)15(18)17(3)12-6-4-5-7-12/h8-10,12,16H,4-7H2,1-3H3. The normalized spacial score (nSPS) is 15.7. The lowest BCUT2D eigenvalue weighted by molar-refractivity contribution is 0.0736. The third-order valence-corrected chi connectivity index (χ3v) is 3.87. The zero-order valence-corrected chi connectivity index (χ0v) is 11.5. The third kappa shape index (κ3) is 2.50. The molecule has 1 saturated carbocycles. The van der Waals surface area contributed by atoms with Crippen LogP contribution < -0.4 is 5.32 Å². The van der Waals surface area contributed by atoms with Crippen LogP contribution in [0.4, 0.5) is 5.69 Å². The van der Waals surface area contributed by atoms with Gasteiger partial charge in [-0.25, -0.2) is 0 Å². The average molecular weight is 246 g/mol. The van der Waals surface area contributed by atoms with Gasteiger partial charge in [0.05, 0.1) is 5.56 Å². The minimum atomic E-state index is 0.131. The molecule has 0 radical (unpaired) electrons. The van der Waals surface area contributed by atoms with Gasteiger partial charge in [-0.15, -0.1) is 0 Å². The highest BCUT2D eigenvalue weighted by molar-refractivity contribution is 5.99. The topological polar surface area (TPSA) is 32.3 Å². The third-order valence-electron chi connectivity index (χ3n) is 3.87. The molecule has 1 aliphatic carbocycles. The number of amides is 1. The Morgan fingerprint density at radius 3 is 2.61 bits per heavy atom. The molecule has 1 aromatic rings. The molecule has 1 amide bonds. The molecule has 1 fully saturated rings. The molecule has 3 heteroatoms. The molecule has 1 N–H and O–H groups in total. The number of aryl methyl sites for hydroxylation is 1. The molecule has 0 unspecified atom stereocenters. The van der Waals surface area contributed by atoms with Crippen LogP contribution in [0.1, 0.15) is 41.6 Å². The number of hydrogen-bond acceptors (Lipinski definition) is 2. The molecule has 98 valence electrons. The van der Waals surface area contributed by atoms with Gasteiger partial charge in [-0.3, -0.25) is 4.79 Å². The zero-order chi connectivity index (χ0) is 13.1. The van der Waals surface area contributed by atoms with Gasteiger partial charge >= 0.3 is 0 Å². The minimum Gasteiger partial charge on any atom is -0.387 e. The first-order valence-corrected chi connectivity index (χ1v) is 6.69. The van der Waals surface area contributed by atoms with E-state index in [1.54, 1.807) is 0 Å². The lowest BCUT2D eigenvalue weighted by Crippen LogP contribution is -2.35. The molecular formula is C15H22N2O. The summed E-state index contributed by atoms with van der Waals surface area (Å²) in [5.74, 6) is 0.131. The SMILES string of the molecule is CNc1cc(C)ccc1C(=O)N(C)C1CCCC1. The van der Waals surface area contributed by atoms with Crippen molar-refractivity contribution >= 4 is 11.6 Å². The molecule has 0 aromatic heterocycles. The van der Waals surface area contributed by atoms with Crippen molar-refractivity contribution in [2.45, 2.75) is 38.6 Å². The van der Waals surface area contributed by atoms with Gasteiger partial charge in [0, 0.05) is 25.8 Å². The van der Waals surface area contributed by atoms with Gasteiger partial charge in [0.1, 0.15) is 0 Å². The van der Waals surface area contributed by atoms with Crippen LogP contribution in [-0.2, 0) is 0 Å². The molecule has 3 nitrogen and oxygen atoms in total. The Morgan fingerprint density at radius 2 is 2.00 bits per heavy atom. The highest BCUT2D eigenvalue weighted by Crippen LogP contribution is 2.25. The van der Waals surface area contributed by atoms with Gasteiger partial charge < -0.3 is 10.2 Å². The Morgan fingerprint density at radius 1 is 1.33 bits per heavy atom. The molecule has 18 heavy (non-hydrogen) atoms. The van der Waals surface area contributed by atoms with Crippen LogP contribution in [0.25, 0.3) is 0 Å². The van der Waals surface area contributed by atoms with Gasteiger partial charge in [0.15, 0.2) is 0 Å².